The lowest BCUT2D eigenvalue weighted by Gasteiger charge is -2.28. The highest BCUT2D eigenvalue weighted by Crippen LogP contribution is 2.38. The second-order valence-corrected chi connectivity index (χ2v) is 8.04. The molecule has 30 heavy (non-hydrogen) atoms. The van der Waals surface area contributed by atoms with Gasteiger partial charge in [-0.05, 0) is 44.4 Å². The van der Waals surface area contributed by atoms with Crippen molar-refractivity contribution in [3.63, 3.8) is 0 Å². The van der Waals surface area contributed by atoms with Gasteiger partial charge in [0.05, 0.1) is 22.9 Å². The molecule has 9 heteroatoms. The van der Waals surface area contributed by atoms with Gasteiger partial charge in [0.2, 0.25) is 11.7 Å². The highest BCUT2D eigenvalue weighted by Gasteiger charge is 2.39. The lowest BCUT2D eigenvalue weighted by molar-refractivity contribution is -0.117. The van der Waals surface area contributed by atoms with E-state index in [1.807, 2.05) is 6.26 Å². The van der Waals surface area contributed by atoms with Crippen molar-refractivity contribution in [1.29, 1.82) is 0 Å². The Balaban J connectivity index is 1.93. The van der Waals surface area contributed by atoms with Crippen molar-refractivity contribution < 1.29 is 23.0 Å². The monoisotopic (exact) mass is 437 g/mol. The van der Waals surface area contributed by atoms with E-state index in [4.69, 9.17) is 9.47 Å². The number of benzene rings is 1. The standard InChI is InChI=1S/C21H25F2N3O3S/c1-12(2)29-20-16(6-5-15(22)19(20)23)26-11-14(28-3)10-17(26)21(27)25-13-7-8-24-18(9-13)30-4/h5-9,12,14,17H,10-11H2,1-4H3,(H,24,25,27). The molecule has 1 aromatic heterocycles. The molecule has 1 fully saturated rings. The summed E-state index contributed by atoms with van der Waals surface area (Å²) in [4.78, 5) is 19.0. The van der Waals surface area contributed by atoms with Crippen molar-refractivity contribution in [2.45, 2.75) is 43.5 Å². The fraction of sp³-hybridized carbons (Fsp3) is 0.429. The molecule has 1 aromatic carbocycles. The SMILES string of the molecule is COC1CC(C(=O)Nc2ccnc(SC)c2)N(c2ccc(F)c(F)c2OC(C)C)C1. The number of pyridine rings is 1. The van der Waals surface area contributed by atoms with Gasteiger partial charge >= 0.3 is 0 Å². The highest BCUT2D eigenvalue weighted by atomic mass is 32.2. The number of hydrogen-bond donors (Lipinski definition) is 1. The Hall–Kier alpha value is -2.39. The van der Waals surface area contributed by atoms with Crippen molar-refractivity contribution >= 4 is 29.0 Å². The number of carbonyl (C=O) groups excluding carboxylic acids is 1. The Labute approximate surface area is 179 Å². The molecule has 1 aliphatic heterocycles. The van der Waals surface area contributed by atoms with Gasteiger partial charge in [0.1, 0.15) is 6.04 Å². The number of anilines is 2. The zero-order chi connectivity index (χ0) is 21.8. The van der Waals surface area contributed by atoms with E-state index >= 15 is 0 Å². The predicted molar refractivity (Wildman–Crippen MR) is 113 cm³/mol. The van der Waals surface area contributed by atoms with Gasteiger partial charge in [-0.25, -0.2) is 9.37 Å². The van der Waals surface area contributed by atoms with Crippen LogP contribution < -0.4 is 15.0 Å². The minimum Gasteiger partial charge on any atom is -0.486 e. The molecule has 2 aromatic rings. The number of aromatic nitrogens is 1. The van der Waals surface area contributed by atoms with Crippen LogP contribution in [0.3, 0.4) is 0 Å². The van der Waals surface area contributed by atoms with E-state index in [0.29, 0.717) is 24.3 Å². The average molecular weight is 438 g/mol. The summed E-state index contributed by atoms with van der Waals surface area (Å²) in [7, 11) is 1.56. The molecule has 1 amide bonds. The summed E-state index contributed by atoms with van der Waals surface area (Å²) in [5, 5.41) is 3.67. The number of halogens is 2. The van der Waals surface area contributed by atoms with E-state index in [0.717, 1.165) is 11.1 Å². The van der Waals surface area contributed by atoms with Crippen LogP contribution in [-0.2, 0) is 9.53 Å². The van der Waals surface area contributed by atoms with E-state index in [-0.39, 0.29) is 23.9 Å². The second kappa shape index (κ2) is 9.61. The number of carbonyl (C=O) groups is 1. The maximum Gasteiger partial charge on any atom is 0.247 e. The van der Waals surface area contributed by atoms with Crippen LogP contribution in [-0.4, -0.2) is 49.1 Å². The Kier molecular flexibility index (Phi) is 7.14. The summed E-state index contributed by atoms with van der Waals surface area (Å²) < 4.78 is 39.5. The van der Waals surface area contributed by atoms with Crippen LogP contribution in [0.5, 0.6) is 5.75 Å². The Morgan fingerprint density at radius 1 is 1.33 bits per heavy atom. The molecule has 0 radical (unpaired) electrons. The second-order valence-electron chi connectivity index (χ2n) is 7.21. The third-order valence-corrected chi connectivity index (χ3v) is 5.44. The molecular formula is C21H25F2N3O3S. The minimum atomic E-state index is -1.07. The third-order valence-electron chi connectivity index (χ3n) is 4.80. The summed E-state index contributed by atoms with van der Waals surface area (Å²) in [6, 6.07) is 5.32. The highest BCUT2D eigenvalue weighted by molar-refractivity contribution is 7.98. The lowest BCUT2D eigenvalue weighted by atomic mass is 10.1. The van der Waals surface area contributed by atoms with Gasteiger partial charge in [0.25, 0.3) is 0 Å². The van der Waals surface area contributed by atoms with Gasteiger partial charge in [-0.3, -0.25) is 4.79 Å². The normalized spacial score (nSPS) is 18.7. The Bertz CT molecular complexity index is 913. The molecule has 0 bridgehead atoms. The molecule has 1 aliphatic rings. The van der Waals surface area contributed by atoms with Crippen LogP contribution in [0.4, 0.5) is 20.2 Å². The first-order valence-corrected chi connectivity index (χ1v) is 10.8. The van der Waals surface area contributed by atoms with Gasteiger partial charge in [0, 0.05) is 32.0 Å². The fourth-order valence-electron chi connectivity index (χ4n) is 3.40. The van der Waals surface area contributed by atoms with Crippen molar-refractivity contribution in [2.75, 3.05) is 30.1 Å². The van der Waals surface area contributed by atoms with Gasteiger partial charge in [0.15, 0.2) is 11.6 Å². The summed E-state index contributed by atoms with van der Waals surface area (Å²) in [6.07, 6.45) is 3.32. The van der Waals surface area contributed by atoms with Gasteiger partial charge in [-0.1, -0.05) is 0 Å². The molecule has 162 valence electrons. The summed E-state index contributed by atoms with van der Waals surface area (Å²) in [5.41, 5.74) is 0.936. The Morgan fingerprint density at radius 3 is 2.77 bits per heavy atom. The van der Waals surface area contributed by atoms with Crippen LogP contribution in [0.25, 0.3) is 0 Å². The number of methoxy groups -OCH3 is 1. The molecule has 1 saturated heterocycles. The lowest BCUT2D eigenvalue weighted by Crippen LogP contribution is -2.40. The molecule has 2 atom stereocenters. The molecular weight excluding hydrogens is 412 g/mol. The van der Waals surface area contributed by atoms with E-state index in [1.54, 1.807) is 44.2 Å². The number of nitrogens with one attached hydrogen (secondary N) is 1. The largest absolute Gasteiger partial charge is 0.486 e. The van der Waals surface area contributed by atoms with Gasteiger partial charge < -0.3 is 19.7 Å². The average Bonchev–Trinajstić information content (AvgIpc) is 3.16. The van der Waals surface area contributed by atoms with E-state index in [9.17, 15) is 13.6 Å². The number of amides is 1. The van der Waals surface area contributed by atoms with Crippen LogP contribution in [0, 0.1) is 11.6 Å². The minimum absolute atomic E-state index is 0.201. The first-order chi connectivity index (χ1) is 14.3. The van der Waals surface area contributed by atoms with E-state index in [1.165, 1.54) is 17.8 Å². The molecule has 1 N–H and O–H groups in total. The van der Waals surface area contributed by atoms with Crippen LogP contribution >= 0.6 is 11.8 Å². The summed E-state index contributed by atoms with van der Waals surface area (Å²) in [6.45, 7) is 3.81. The van der Waals surface area contributed by atoms with Crippen LogP contribution in [0.1, 0.15) is 20.3 Å². The molecule has 0 spiro atoms. The van der Waals surface area contributed by atoms with Crippen molar-refractivity contribution in [1.82, 2.24) is 4.98 Å². The number of ether oxygens (including phenoxy) is 2. The molecule has 2 unspecified atom stereocenters. The number of thioether (sulfide) groups is 1. The first kappa shape index (κ1) is 22.3. The van der Waals surface area contributed by atoms with Crippen molar-refractivity contribution in [2.24, 2.45) is 0 Å². The Morgan fingerprint density at radius 2 is 2.10 bits per heavy atom. The number of nitrogens with zero attached hydrogens (tertiary/aromatic N) is 2. The zero-order valence-corrected chi connectivity index (χ0v) is 18.1. The summed E-state index contributed by atoms with van der Waals surface area (Å²) >= 11 is 1.47. The molecule has 0 aliphatic carbocycles. The maximum atomic E-state index is 14.5. The van der Waals surface area contributed by atoms with Gasteiger partial charge in [-0.2, -0.15) is 4.39 Å². The van der Waals surface area contributed by atoms with Crippen molar-refractivity contribution in [3.05, 3.63) is 42.1 Å². The fourth-order valence-corrected chi connectivity index (χ4v) is 3.81. The molecule has 3 rings (SSSR count). The van der Waals surface area contributed by atoms with Gasteiger partial charge in [-0.15, -0.1) is 11.8 Å². The quantitative estimate of drug-likeness (QED) is 0.658. The molecule has 2 heterocycles. The van der Waals surface area contributed by atoms with E-state index < -0.39 is 17.7 Å². The number of hydrogen-bond acceptors (Lipinski definition) is 6. The zero-order valence-electron chi connectivity index (χ0n) is 17.3. The maximum absolute atomic E-state index is 14.5. The number of rotatable bonds is 7. The van der Waals surface area contributed by atoms with Crippen LogP contribution in [0.15, 0.2) is 35.5 Å². The molecule has 0 saturated carbocycles. The first-order valence-electron chi connectivity index (χ1n) is 9.59. The van der Waals surface area contributed by atoms with E-state index in [2.05, 4.69) is 10.3 Å². The topological polar surface area (TPSA) is 63.7 Å². The predicted octanol–water partition coefficient (Wildman–Crippen LogP) is 4.10. The smallest absolute Gasteiger partial charge is 0.247 e. The molecule has 6 nitrogen and oxygen atoms in total. The summed E-state index contributed by atoms with van der Waals surface area (Å²) in [5.74, 6) is -2.54. The van der Waals surface area contributed by atoms with Crippen molar-refractivity contribution in [3.8, 4) is 5.75 Å². The third kappa shape index (κ3) is 4.84. The van der Waals surface area contributed by atoms with Crippen LogP contribution in [0.2, 0.25) is 0 Å².